The monoisotopic (exact) mass is 748 g/mol. The smallest absolute Gasteiger partial charge is 0.359 e. The molecule has 6 nitrogen and oxygen atoms in total. The first kappa shape index (κ1) is 32.5. The van der Waals surface area contributed by atoms with Gasteiger partial charge in [-0.3, -0.25) is 0 Å². The number of aryl methyl sites for hydroxylation is 6. The molecule has 4 aliphatic heterocycles. The van der Waals surface area contributed by atoms with Gasteiger partial charge in [0.15, 0.2) is 0 Å². The molecule has 6 heterocycles. The number of benzene rings is 7. The van der Waals surface area contributed by atoms with E-state index < -0.39 is 0 Å². The van der Waals surface area contributed by atoms with E-state index in [-0.39, 0.29) is 14.0 Å². The van der Waals surface area contributed by atoms with Crippen LogP contribution in [-0.2, 0) is 0 Å². The predicted octanol–water partition coefficient (Wildman–Crippen LogP) is 10.7. The first-order valence-electron chi connectivity index (χ1n) is 20.6. The normalized spacial score (nSPS) is 14.7. The molecule has 0 fully saturated rings. The molecule has 7 aromatic carbocycles. The zero-order chi connectivity index (χ0) is 39.2. The van der Waals surface area contributed by atoms with Gasteiger partial charge in [0.25, 0.3) is 0 Å². The fraction of sp³-hybridized carbons (Fsp3) is 0.160. The third kappa shape index (κ3) is 3.69. The first-order valence-corrected chi connectivity index (χ1v) is 20.6. The molecule has 0 saturated carbocycles. The molecule has 0 bridgehead atoms. The van der Waals surface area contributed by atoms with Crippen LogP contribution in [-0.4, -0.2) is 37.0 Å². The van der Waals surface area contributed by atoms with Crippen molar-refractivity contribution in [2.45, 2.75) is 41.5 Å². The summed E-state index contributed by atoms with van der Waals surface area (Å²) in [6, 6.07) is 42.1. The van der Waals surface area contributed by atoms with E-state index in [1.54, 1.807) is 0 Å². The number of anilines is 8. The second-order valence-corrected chi connectivity index (χ2v) is 17.5. The lowest BCUT2D eigenvalue weighted by Crippen LogP contribution is -2.52. The summed E-state index contributed by atoms with van der Waals surface area (Å²) in [5.41, 5.74) is 25.6. The Labute approximate surface area is 339 Å². The summed E-state index contributed by atoms with van der Waals surface area (Å²) in [6.45, 7) is 13.4. The van der Waals surface area contributed by atoms with E-state index >= 15 is 0 Å². The van der Waals surface area contributed by atoms with E-state index in [2.05, 4.69) is 193 Å². The lowest BCUT2D eigenvalue weighted by molar-refractivity contribution is 1.20. The van der Waals surface area contributed by atoms with Crippen LogP contribution in [0.15, 0.2) is 109 Å². The van der Waals surface area contributed by atoms with Gasteiger partial charge in [0.1, 0.15) is 0 Å². The van der Waals surface area contributed by atoms with Gasteiger partial charge in [-0.05, 0) is 148 Å². The zero-order valence-corrected chi connectivity index (χ0v) is 34.2. The number of hydrogen-bond acceptors (Lipinski definition) is 4. The summed E-state index contributed by atoms with van der Waals surface area (Å²) in [5, 5.41) is 5.43. The van der Waals surface area contributed by atoms with Gasteiger partial charge in [-0.15, -0.1) is 0 Å². The maximum atomic E-state index is 2.66. The summed E-state index contributed by atoms with van der Waals surface area (Å²) in [4.78, 5) is 10.2. The Morgan fingerprint density at radius 2 is 0.793 bits per heavy atom. The van der Waals surface area contributed by atoms with E-state index in [9.17, 15) is 0 Å². The molecule has 58 heavy (non-hydrogen) atoms. The summed E-state index contributed by atoms with van der Waals surface area (Å²) >= 11 is 0. The lowest BCUT2D eigenvalue weighted by Gasteiger charge is -2.29. The van der Waals surface area contributed by atoms with Crippen molar-refractivity contribution in [2.75, 3.05) is 33.5 Å². The Balaban J connectivity index is 1.18. The Kier molecular flexibility index (Phi) is 6.00. The van der Waals surface area contributed by atoms with Crippen molar-refractivity contribution in [3.05, 3.63) is 143 Å². The number of para-hydroxylation sites is 4. The van der Waals surface area contributed by atoms with Crippen molar-refractivity contribution in [3.8, 4) is 0 Å². The molecule has 13 rings (SSSR count). The summed E-state index contributed by atoms with van der Waals surface area (Å²) in [5.74, 6) is 0. The molecule has 4 aliphatic rings. The van der Waals surface area contributed by atoms with Crippen molar-refractivity contribution in [3.63, 3.8) is 0 Å². The number of rotatable bonds is 0. The van der Waals surface area contributed by atoms with Gasteiger partial charge in [-0.2, -0.15) is 0 Å². The molecule has 0 saturated heterocycles. The average Bonchev–Trinajstić information content (AvgIpc) is 3.90. The van der Waals surface area contributed by atoms with Gasteiger partial charge in [-0.1, -0.05) is 47.5 Å². The lowest BCUT2D eigenvalue weighted by atomic mass is 9.60. The third-order valence-corrected chi connectivity index (χ3v) is 14.4. The summed E-state index contributed by atoms with van der Waals surface area (Å²) in [7, 11) is 4.55. The topological polar surface area (TPSA) is 22.8 Å². The van der Waals surface area contributed by atoms with Crippen molar-refractivity contribution in [2.24, 2.45) is 0 Å². The van der Waals surface area contributed by atoms with Gasteiger partial charge < -0.3 is 28.4 Å². The Morgan fingerprint density at radius 1 is 0.397 bits per heavy atom. The minimum absolute atomic E-state index is 0.0959. The van der Waals surface area contributed by atoms with Crippen molar-refractivity contribution in [1.29, 1.82) is 0 Å². The molecule has 2 aromatic heterocycles. The largest absolute Gasteiger partial charge is 0.423 e. The fourth-order valence-electron chi connectivity index (χ4n) is 11.5. The van der Waals surface area contributed by atoms with E-state index in [0.29, 0.717) is 0 Å². The van der Waals surface area contributed by atoms with E-state index in [1.165, 1.54) is 133 Å². The van der Waals surface area contributed by atoms with Crippen LogP contribution in [0.3, 0.4) is 0 Å². The van der Waals surface area contributed by atoms with E-state index in [4.69, 9.17) is 0 Å². The Morgan fingerprint density at radius 3 is 1.21 bits per heavy atom. The third-order valence-electron chi connectivity index (χ3n) is 14.4. The van der Waals surface area contributed by atoms with Crippen LogP contribution in [0.1, 0.15) is 33.4 Å². The number of fused-ring (bicyclic) bond motifs is 20. The molecule has 9 aromatic rings. The van der Waals surface area contributed by atoms with Gasteiger partial charge in [0.05, 0.1) is 45.2 Å². The van der Waals surface area contributed by atoms with E-state index in [1.807, 2.05) is 0 Å². The van der Waals surface area contributed by atoms with Gasteiger partial charge in [0.2, 0.25) is 0 Å². The van der Waals surface area contributed by atoms with Crippen LogP contribution in [0.5, 0.6) is 0 Å². The van der Waals surface area contributed by atoms with Crippen molar-refractivity contribution < 1.29 is 0 Å². The second-order valence-electron chi connectivity index (χ2n) is 17.5. The first-order chi connectivity index (χ1) is 28.1. The van der Waals surface area contributed by atoms with Crippen LogP contribution < -0.4 is 30.3 Å². The molecule has 0 atom stereocenters. The summed E-state index contributed by atoms with van der Waals surface area (Å²) < 4.78 is 5.32. The molecule has 0 unspecified atom stereocenters. The molecule has 0 spiro atoms. The highest BCUT2D eigenvalue weighted by Crippen LogP contribution is 2.53. The molecular formula is C50H42B2N6. The van der Waals surface area contributed by atoms with Crippen LogP contribution in [0.2, 0.25) is 0 Å². The van der Waals surface area contributed by atoms with Crippen LogP contribution >= 0.6 is 0 Å². The van der Waals surface area contributed by atoms with Crippen molar-refractivity contribution >= 4 is 114 Å². The highest BCUT2D eigenvalue weighted by atomic mass is 15.3. The average molecular weight is 749 g/mol. The fourth-order valence-corrected chi connectivity index (χ4v) is 11.5. The maximum Gasteiger partial charge on any atom is 0.423 e. The van der Waals surface area contributed by atoms with E-state index in [0.717, 1.165) is 0 Å². The highest BCUT2D eigenvalue weighted by Gasteiger charge is 2.49. The number of hydrogen-bond donors (Lipinski definition) is 0. The minimum Gasteiger partial charge on any atom is -0.359 e. The van der Waals surface area contributed by atoms with Gasteiger partial charge in [0, 0.05) is 58.0 Å². The quantitative estimate of drug-likeness (QED) is 0.144. The van der Waals surface area contributed by atoms with Crippen molar-refractivity contribution in [1.82, 2.24) is 8.96 Å². The zero-order valence-electron chi connectivity index (χ0n) is 34.2. The minimum atomic E-state index is -0.0959. The van der Waals surface area contributed by atoms with Crippen LogP contribution in [0, 0.1) is 41.5 Å². The molecule has 0 radical (unpaired) electrons. The second kappa shape index (κ2) is 10.7. The molecule has 278 valence electrons. The summed E-state index contributed by atoms with van der Waals surface area (Å²) in [6.07, 6.45) is 0. The predicted molar refractivity (Wildman–Crippen MR) is 249 cm³/mol. The molecule has 0 N–H and O–H groups in total. The highest BCUT2D eigenvalue weighted by molar-refractivity contribution is 6.84. The SMILES string of the molecule is Cc1ccc2c(c1)c1c(C)c(C)cc3c1n2B1c2cc4c(cc2N(C)c2ccccc2N13)B1N(c2ccccc2N4C)c2cc(C)c(C)c3c4cc(C)ccc4n1c23. The molecular weight excluding hydrogens is 706 g/mol. The van der Waals surface area contributed by atoms with Gasteiger partial charge >= 0.3 is 14.0 Å². The standard InChI is InChI=1S/C50H42B2N6/c1-27-17-19-37-33(21-27)47-31(5)29(3)23-45-49(47)57(37)51-35-25-44-36(26-43(35)53(7)39-13-9-11-15-41(39)55(45)51)52-56(42-16-12-10-14-40(42)54(44)8)46-24-30(4)32(6)48-34-22-28(2)18-20-38(34)58(52)50(46)48/h9-26H,1-8H3. The number of aromatic nitrogens is 2. The Bertz CT molecular complexity index is 3170. The Hall–Kier alpha value is -6.53. The number of nitrogens with zero attached hydrogens (tertiary/aromatic N) is 6. The maximum absolute atomic E-state index is 2.66. The molecule has 0 aliphatic carbocycles. The van der Waals surface area contributed by atoms with Gasteiger partial charge in [-0.25, -0.2) is 0 Å². The van der Waals surface area contributed by atoms with Crippen LogP contribution in [0.4, 0.5) is 45.5 Å². The molecule has 8 heteroatoms. The van der Waals surface area contributed by atoms with Crippen LogP contribution in [0.25, 0.3) is 43.6 Å². The molecule has 0 amide bonds.